The lowest BCUT2D eigenvalue weighted by Gasteiger charge is -2.24. The van der Waals surface area contributed by atoms with Crippen LogP contribution in [0.5, 0.6) is 0 Å². The van der Waals surface area contributed by atoms with Gasteiger partial charge in [-0.25, -0.2) is 0 Å². The van der Waals surface area contributed by atoms with Crippen molar-refractivity contribution in [3.8, 4) is 0 Å². The van der Waals surface area contributed by atoms with E-state index in [1.54, 1.807) is 0 Å². The first-order chi connectivity index (χ1) is 6.59. The molecule has 0 aliphatic carbocycles. The fourth-order valence-electron chi connectivity index (χ4n) is 2.05. The van der Waals surface area contributed by atoms with Crippen LogP contribution in [-0.4, -0.2) is 48.6 Å². The van der Waals surface area contributed by atoms with Gasteiger partial charge < -0.3 is 0 Å². The monoisotopic (exact) mass is 196 g/mol. The van der Waals surface area contributed by atoms with Crippen molar-refractivity contribution in [1.29, 1.82) is 0 Å². The quantitative estimate of drug-likeness (QED) is 0.637. The molecule has 2 heteroatoms. The fraction of sp³-hybridized carbons (Fsp3) is 0.833. The predicted octanol–water partition coefficient (Wildman–Crippen LogP) is 1.98. The Bertz CT molecular complexity index is 187. The summed E-state index contributed by atoms with van der Waals surface area (Å²) in [7, 11) is 0. The van der Waals surface area contributed by atoms with Crippen molar-refractivity contribution in [2.75, 3.05) is 32.7 Å². The molecule has 0 saturated carbocycles. The maximum atomic E-state index is 3.98. The Morgan fingerprint density at radius 1 is 1.21 bits per heavy atom. The smallest absolute Gasteiger partial charge is 0.0187 e. The van der Waals surface area contributed by atoms with E-state index in [1.807, 2.05) is 0 Å². The average molecular weight is 196 g/mol. The van der Waals surface area contributed by atoms with Crippen LogP contribution in [0.15, 0.2) is 12.2 Å². The van der Waals surface area contributed by atoms with Crippen LogP contribution in [0, 0.1) is 0 Å². The van der Waals surface area contributed by atoms with Gasteiger partial charge >= 0.3 is 0 Å². The Balaban J connectivity index is 2.36. The van der Waals surface area contributed by atoms with Crippen molar-refractivity contribution in [1.82, 2.24) is 9.80 Å². The minimum absolute atomic E-state index is 0.694. The van der Waals surface area contributed by atoms with Gasteiger partial charge in [0, 0.05) is 25.7 Å². The second kappa shape index (κ2) is 5.52. The van der Waals surface area contributed by atoms with Crippen molar-refractivity contribution in [2.24, 2.45) is 0 Å². The molecular weight excluding hydrogens is 172 g/mol. The fourth-order valence-corrected chi connectivity index (χ4v) is 2.05. The van der Waals surface area contributed by atoms with Crippen LogP contribution >= 0.6 is 0 Å². The van der Waals surface area contributed by atoms with Crippen molar-refractivity contribution in [3.63, 3.8) is 0 Å². The molecule has 0 unspecified atom stereocenters. The van der Waals surface area contributed by atoms with E-state index in [9.17, 15) is 0 Å². The Morgan fingerprint density at radius 2 is 1.93 bits per heavy atom. The number of nitrogens with zero attached hydrogens (tertiary/aromatic N) is 2. The highest BCUT2D eigenvalue weighted by Crippen LogP contribution is 2.07. The standard InChI is InChI=1S/C12H24N2/c1-11(2)10-13-6-5-7-14(9-8-13)12(3)4/h12H,1,5-10H2,2-4H3. The second-order valence-corrected chi connectivity index (χ2v) is 4.72. The summed E-state index contributed by atoms with van der Waals surface area (Å²) in [6, 6.07) is 0.694. The molecule has 0 aromatic heterocycles. The summed E-state index contributed by atoms with van der Waals surface area (Å²) in [6.07, 6.45) is 1.30. The normalized spacial score (nSPS) is 21.1. The molecule has 1 heterocycles. The third-order valence-corrected chi connectivity index (χ3v) is 2.85. The molecule has 1 rings (SSSR count). The van der Waals surface area contributed by atoms with Crippen LogP contribution in [0.2, 0.25) is 0 Å². The van der Waals surface area contributed by atoms with Crippen molar-refractivity contribution in [3.05, 3.63) is 12.2 Å². The molecule has 0 aromatic carbocycles. The van der Waals surface area contributed by atoms with Crippen LogP contribution in [0.1, 0.15) is 27.2 Å². The summed E-state index contributed by atoms with van der Waals surface area (Å²) in [4.78, 5) is 5.09. The average Bonchev–Trinajstić information content (AvgIpc) is 2.28. The Labute approximate surface area is 88.6 Å². The topological polar surface area (TPSA) is 6.48 Å². The molecule has 14 heavy (non-hydrogen) atoms. The van der Waals surface area contributed by atoms with Gasteiger partial charge in [0.15, 0.2) is 0 Å². The van der Waals surface area contributed by atoms with Gasteiger partial charge in [-0.3, -0.25) is 9.80 Å². The lowest BCUT2D eigenvalue weighted by molar-refractivity contribution is 0.224. The van der Waals surface area contributed by atoms with Gasteiger partial charge in [0.05, 0.1) is 0 Å². The third kappa shape index (κ3) is 3.81. The molecule has 0 atom stereocenters. The van der Waals surface area contributed by atoms with Crippen LogP contribution in [0.4, 0.5) is 0 Å². The van der Waals surface area contributed by atoms with E-state index in [2.05, 4.69) is 37.1 Å². The summed E-state index contributed by atoms with van der Waals surface area (Å²) >= 11 is 0. The van der Waals surface area contributed by atoms with Gasteiger partial charge in [-0.1, -0.05) is 12.2 Å². The minimum Gasteiger partial charge on any atom is -0.300 e. The van der Waals surface area contributed by atoms with Crippen molar-refractivity contribution in [2.45, 2.75) is 33.2 Å². The molecule has 0 aromatic rings. The molecule has 0 N–H and O–H groups in total. The Kier molecular flexibility index (Phi) is 4.63. The van der Waals surface area contributed by atoms with E-state index in [0.29, 0.717) is 6.04 Å². The van der Waals surface area contributed by atoms with Gasteiger partial charge in [-0.05, 0) is 40.3 Å². The molecule has 1 fully saturated rings. The van der Waals surface area contributed by atoms with Gasteiger partial charge in [-0.2, -0.15) is 0 Å². The Hall–Kier alpha value is -0.340. The van der Waals surface area contributed by atoms with E-state index in [-0.39, 0.29) is 0 Å². The highest BCUT2D eigenvalue weighted by molar-refractivity contribution is 4.92. The second-order valence-electron chi connectivity index (χ2n) is 4.72. The molecule has 0 radical (unpaired) electrons. The van der Waals surface area contributed by atoms with E-state index in [1.165, 1.54) is 38.2 Å². The van der Waals surface area contributed by atoms with Gasteiger partial charge in [0.2, 0.25) is 0 Å². The molecule has 0 spiro atoms. The molecule has 82 valence electrons. The van der Waals surface area contributed by atoms with Gasteiger partial charge in [0.1, 0.15) is 0 Å². The molecule has 1 aliphatic heterocycles. The number of hydrogen-bond acceptors (Lipinski definition) is 2. The van der Waals surface area contributed by atoms with Crippen LogP contribution in [-0.2, 0) is 0 Å². The first-order valence-corrected chi connectivity index (χ1v) is 5.70. The summed E-state index contributed by atoms with van der Waals surface area (Å²) < 4.78 is 0. The maximum Gasteiger partial charge on any atom is 0.0187 e. The highest BCUT2D eigenvalue weighted by atomic mass is 15.2. The van der Waals surface area contributed by atoms with E-state index >= 15 is 0 Å². The third-order valence-electron chi connectivity index (χ3n) is 2.85. The molecule has 0 bridgehead atoms. The predicted molar refractivity (Wildman–Crippen MR) is 62.6 cm³/mol. The summed E-state index contributed by atoms with van der Waals surface area (Å²) in [5.74, 6) is 0. The molecule has 1 aliphatic rings. The molecule has 1 saturated heterocycles. The summed E-state index contributed by atoms with van der Waals surface area (Å²) in [6.45, 7) is 16.6. The maximum absolute atomic E-state index is 3.98. The summed E-state index contributed by atoms with van der Waals surface area (Å²) in [5.41, 5.74) is 1.28. The lowest BCUT2D eigenvalue weighted by Crippen LogP contribution is -2.35. The largest absolute Gasteiger partial charge is 0.300 e. The van der Waals surface area contributed by atoms with E-state index in [4.69, 9.17) is 0 Å². The number of rotatable bonds is 3. The molecule has 0 amide bonds. The molecular formula is C12H24N2. The zero-order valence-electron chi connectivity index (χ0n) is 9.92. The van der Waals surface area contributed by atoms with Crippen LogP contribution < -0.4 is 0 Å². The lowest BCUT2D eigenvalue weighted by atomic mass is 10.3. The first kappa shape index (κ1) is 11.7. The minimum atomic E-state index is 0.694. The highest BCUT2D eigenvalue weighted by Gasteiger charge is 2.16. The Morgan fingerprint density at radius 3 is 2.50 bits per heavy atom. The van der Waals surface area contributed by atoms with Crippen LogP contribution in [0.25, 0.3) is 0 Å². The van der Waals surface area contributed by atoms with Crippen molar-refractivity contribution >= 4 is 0 Å². The van der Waals surface area contributed by atoms with Gasteiger partial charge in [-0.15, -0.1) is 0 Å². The van der Waals surface area contributed by atoms with Crippen molar-refractivity contribution < 1.29 is 0 Å². The van der Waals surface area contributed by atoms with Gasteiger partial charge in [0.25, 0.3) is 0 Å². The van der Waals surface area contributed by atoms with Crippen LogP contribution in [0.3, 0.4) is 0 Å². The zero-order chi connectivity index (χ0) is 10.6. The molecule has 2 nitrogen and oxygen atoms in total. The summed E-state index contributed by atoms with van der Waals surface area (Å²) in [5, 5.41) is 0. The SMILES string of the molecule is C=C(C)CN1CCCN(C(C)C)CC1. The first-order valence-electron chi connectivity index (χ1n) is 5.70. The van der Waals surface area contributed by atoms with E-state index in [0.717, 1.165) is 6.54 Å². The number of hydrogen-bond donors (Lipinski definition) is 0. The zero-order valence-corrected chi connectivity index (χ0v) is 9.92. The van der Waals surface area contributed by atoms with E-state index < -0.39 is 0 Å².